The number of aromatic nitrogens is 2. The number of aryl methyl sites for hydroxylation is 2. The third kappa shape index (κ3) is 8.69. The van der Waals surface area contributed by atoms with Crippen LogP contribution in [0, 0.1) is 5.92 Å². The van der Waals surface area contributed by atoms with Gasteiger partial charge in [0, 0.05) is 43.2 Å². The molecular formula is C44H49F2N5O7. The third-order valence-electron chi connectivity index (χ3n) is 11.6. The molecule has 0 aliphatic carbocycles. The lowest BCUT2D eigenvalue weighted by atomic mass is 9.82. The van der Waals surface area contributed by atoms with Crippen LogP contribution in [0.2, 0.25) is 0 Å². The van der Waals surface area contributed by atoms with Crippen LogP contribution in [0.5, 0.6) is 5.75 Å². The number of anilines is 1. The molecule has 2 bridgehead atoms. The number of rotatable bonds is 14. The van der Waals surface area contributed by atoms with Gasteiger partial charge in [0.25, 0.3) is 0 Å². The summed E-state index contributed by atoms with van der Waals surface area (Å²) in [6, 6.07) is 27.9. The average Bonchev–Trinajstić information content (AvgIpc) is 3.52. The van der Waals surface area contributed by atoms with Crippen LogP contribution in [0.15, 0.2) is 105 Å². The van der Waals surface area contributed by atoms with Gasteiger partial charge in [-0.15, -0.1) is 0 Å². The number of unbranched alkanes of at least 4 members (excludes halogenated alkanes) is 2. The van der Waals surface area contributed by atoms with Crippen molar-refractivity contribution in [1.29, 1.82) is 0 Å². The van der Waals surface area contributed by atoms with E-state index in [9.17, 15) is 29.7 Å². The van der Waals surface area contributed by atoms with Crippen molar-refractivity contribution in [2.45, 2.75) is 63.8 Å². The van der Waals surface area contributed by atoms with Crippen LogP contribution in [-0.2, 0) is 19.5 Å². The summed E-state index contributed by atoms with van der Waals surface area (Å²) in [5.74, 6) is -0.101. The molecule has 58 heavy (non-hydrogen) atoms. The molecule has 6 aromatic rings. The molecule has 0 radical (unpaired) electrons. The highest BCUT2D eigenvalue weighted by Gasteiger charge is 2.41. The minimum absolute atomic E-state index is 0. The highest BCUT2D eigenvalue weighted by molar-refractivity contribution is 5.94. The number of phenolic OH excluding ortho intramolecular Hbond substituents is 1. The minimum atomic E-state index is -0.905. The quantitative estimate of drug-likeness (QED) is 0.0736. The SMILES string of the molecule is F.F.O=C(O)N(c1cc(CCCCCn2c(=O)oc3cc(CNC[C@H](O)c4ccc(O)c5[nH]c(=O)ccc45)ccc32)ccc1-c1ccccc1)C1CN2CCC1CC2. The number of aromatic amines is 1. The Morgan fingerprint density at radius 1 is 0.914 bits per heavy atom. The molecule has 0 saturated carbocycles. The number of aromatic hydroxyl groups is 1. The molecule has 12 nitrogen and oxygen atoms in total. The van der Waals surface area contributed by atoms with Gasteiger partial charge in [-0.2, -0.15) is 0 Å². The highest BCUT2D eigenvalue weighted by atomic mass is 19.0. The number of hydrogen-bond acceptors (Lipinski definition) is 8. The fraction of sp³-hybridized carbons (Fsp3) is 0.341. The number of H-pyrrole nitrogens is 1. The van der Waals surface area contributed by atoms with Gasteiger partial charge in [-0.3, -0.25) is 23.7 Å². The van der Waals surface area contributed by atoms with Gasteiger partial charge in [-0.25, -0.2) is 9.59 Å². The van der Waals surface area contributed by atoms with Crippen molar-refractivity contribution in [3.63, 3.8) is 0 Å². The number of hydrogen-bond donors (Lipinski definition) is 5. The molecule has 2 atom stereocenters. The summed E-state index contributed by atoms with van der Waals surface area (Å²) in [6.45, 7) is 4.02. The van der Waals surface area contributed by atoms with E-state index >= 15 is 0 Å². The Kier molecular flexibility index (Phi) is 13.1. The van der Waals surface area contributed by atoms with E-state index in [-0.39, 0.29) is 38.8 Å². The number of carboxylic acid groups (broad SMARTS) is 1. The molecule has 3 saturated heterocycles. The summed E-state index contributed by atoms with van der Waals surface area (Å²) in [4.78, 5) is 44.2. The van der Waals surface area contributed by atoms with E-state index in [1.165, 1.54) is 12.1 Å². The van der Waals surface area contributed by atoms with E-state index in [4.69, 9.17) is 4.42 Å². The second kappa shape index (κ2) is 18.2. The monoisotopic (exact) mass is 797 g/mol. The van der Waals surface area contributed by atoms with Gasteiger partial charge in [0.05, 0.1) is 28.9 Å². The zero-order valence-electron chi connectivity index (χ0n) is 32.0. The molecule has 5 heterocycles. The van der Waals surface area contributed by atoms with Crippen molar-refractivity contribution in [1.82, 2.24) is 19.8 Å². The fourth-order valence-electron chi connectivity index (χ4n) is 8.66. The number of phenols is 1. The van der Waals surface area contributed by atoms with Gasteiger partial charge in [0.15, 0.2) is 5.58 Å². The lowest BCUT2D eigenvalue weighted by molar-refractivity contribution is 0.0837. The highest BCUT2D eigenvalue weighted by Crippen LogP contribution is 2.39. The molecule has 4 aromatic carbocycles. The molecule has 2 aromatic heterocycles. The van der Waals surface area contributed by atoms with E-state index in [0.29, 0.717) is 35.5 Å². The topological polar surface area (TPSA) is 164 Å². The Labute approximate surface area is 333 Å². The Bertz CT molecular complexity index is 2480. The standard InChI is InChI=1S/C44H47N5O7.2FH/c50-38-16-13-33(34-14-17-41(52)46-42(34)38)39(51)26-45-25-29-11-15-35-40(24-29)56-44(55)48(35)20-6-2-3-7-28-10-12-32(30-8-4-1-5-9-30)36(23-28)49(43(53)54)37-27-47-21-18-31(37)19-22-47;;/h1,4-5,8-17,23-24,31,37,39,45,50-51H,2-3,6-7,18-22,25-27H2,(H,46,52)(H,53,54);2*1H/t37?,39-;;/m0../s1. The van der Waals surface area contributed by atoms with Crippen LogP contribution < -0.4 is 21.5 Å². The Morgan fingerprint density at radius 2 is 1.69 bits per heavy atom. The number of aliphatic hydroxyl groups excluding tert-OH is 1. The van der Waals surface area contributed by atoms with E-state index in [1.54, 1.807) is 21.6 Å². The molecule has 306 valence electrons. The maximum atomic E-state index is 12.9. The predicted molar refractivity (Wildman–Crippen MR) is 221 cm³/mol. The Balaban J connectivity index is 0.00000283. The van der Waals surface area contributed by atoms with Crippen LogP contribution in [0.1, 0.15) is 54.9 Å². The van der Waals surface area contributed by atoms with Crippen molar-refractivity contribution in [2.24, 2.45) is 5.92 Å². The number of nitrogens with zero attached hydrogens (tertiary/aromatic N) is 3. The number of nitrogens with one attached hydrogen (secondary N) is 2. The Morgan fingerprint density at radius 3 is 2.43 bits per heavy atom. The first-order valence-corrected chi connectivity index (χ1v) is 19.5. The molecule has 3 aliphatic heterocycles. The summed E-state index contributed by atoms with van der Waals surface area (Å²) in [5.41, 5.74) is 6.42. The summed E-state index contributed by atoms with van der Waals surface area (Å²) >= 11 is 0. The molecule has 0 spiro atoms. The summed E-state index contributed by atoms with van der Waals surface area (Å²) < 4.78 is 7.29. The van der Waals surface area contributed by atoms with Crippen molar-refractivity contribution >= 4 is 33.8 Å². The Hall–Kier alpha value is -5.83. The number of fused-ring (bicyclic) bond motifs is 5. The van der Waals surface area contributed by atoms with Gasteiger partial charge >= 0.3 is 11.8 Å². The summed E-state index contributed by atoms with van der Waals surface area (Å²) in [7, 11) is 0. The first-order valence-electron chi connectivity index (χ1n) is 19.5. The molecular weight excluding hydrogens is 749 g/mol. The number of oxazole rings is 1. The molecule has 3 aliphatic rings. The zero-order valence-corrected chi connectivity index (χ0v) is 32.0. The lowest BCUT2D eigenvalue weighted by Gasteiger charge is -2.48. The van der Waals surface area contributed by atoms with Gasteiger partial charge in [0.2, 0.25) is 5.56 Å². The average molecular weight is 798 g/mol. The number of carbonyl (C=O) groups is 1. The zero-order chi connectivity index (χ0) is 38.8. The normalized spacial score (nSPS) is 17.8. The number of pyridine rings is 1. The number of benzene rings is 4. The molecule has 9 rings (SSSR count). The van der Waals surface area contributed by atoms with Gasteiger partial charge in [-0.1, -0.05) is 61.0 Å². The maximum absolute atomic E-state index is 12.9. The van der Waals surface area contributed by atoms with Crippen molar-refractivity contribution in [3.05, 3.63) is 129 Å². The molecule has 5 N–H and O–H groups in total. The van der Waals surface area contributed by atoms with E-state index in [1.807, 2.05) is 48.5 Å². The lowest BCUT2D eigenvalue weighted by Crippen LogP contribution is -2.59. The van der Waals surface area contributed by atoms with E-state index < -0.39 is 18.0 Å². The van der Waals surface area contributed by atoms with Crippen molar-refractivity contribution in [2.75, 3.05) is 31.1 Å². The number of aliphatic hydroxyl groups is 1. The van der Waals surface area contributed by atoms with Crippen molar-refractivity contribution < 1.29 is 33.9 Å². The summed E-state index contributed by atoms with van der Waals surface area (Å²) in [6.07, 6.45) is 3.61. The fourth-order valence-corrected chi connectivity index (χ4v) is 8.66. The number of piperidine rings is 3. The third-order valence-corrected chi connectivity index (χ3v) is 11.6. The molecule has 1 amide bonds. The molecule has 1 unspecified atom stereocenters. The van der Waals surface area contributed by atoms with Crippen LogP contribution >= 0.6 is 0 Å². The predicted octanol–water partition coefficient (Wildman–Crippen LogP) is 6.93. The summed E-state index contributed by atoms with van der Waals surface area (Å²) in [5, 5.41) is 35.5. The smallest absolute Gasteiger partial charge is 0.419 e. The molecule has 3 fully saturated rings. The number of halogens is 2. The van der Waals surface area contributed by atoms with Gasteiger partial charge < -0.3 is 34.9 Å². The van der Waals surface area contributed by atoms with Crippen LogP contribution in [-0.4, -0.2) is 68.1 Å². The van der Waals surface area contributed by atoms with Crippen LogP contribution in [0.25, 0.3) is 33.1 Å². The first kappa shape index (κ1) is 41.8. The van der Waals surface area contributed by atoms with Crippen LogP contribution in [0.4, 0.5) is 19.9 Å². The number of amides is 1. The minimum Gasteiger partial charge on any atom is -0.506 e. The van der Waals surface area contributed by atoms with Gasteiger partial charge in [0.1, 0.15) is 5.75 Å². The molecule has 14 heteroatoms. The second-order valence-corrected chi connectivity index (χ2v) is 15.1. The first-order chi connectivity index (χ1) is 27.2. The largest absolute Gasteiger partial charge is 0.506 e. The van der Waals surface area contributed by atoms with Gasteiger partial charge in [-0.05, 0) is 104 Å². The van der Waals surface area contributed by atoms with Crippen molar-refractivity contribution in [3.8, 4) is 16.9 Å². The maximum Gasteiger partial charge on any atom is 0.419 e. The van der Waals surface area contributed by atoms with E-state index in [2.05, 4.69) is 33.4 Å². The second-order valence-electron chi connectivity index (χ2n) is 15.1. The van der Waals surface area contributed by atoms with E-state index in [0.717, 1.165) is 91.6 Å². The van der Waals surface area contributed by atoms with Crippen LogP contribution in [0.3, 0.4) is 0 Å².